The minimum absolute atomic E-state index is 0.0352. The monoisotopic (exact) mass is 314 g/mol. The van der Waals surface area contributed by atoms with Crippen molar-refractivity contribution in [3.63, 3.8) is 0 Å². The van der Waals surface area contributed by atoms with Crippen LogP contribution < -0.4 is 0 Å². The second-order valence-electron chi connectivity index (χ2n) is 6.08. The number of alkyl halides is 1. The first-order valence-corrected chi connectivity index (χ1v) is 7.38. The number of piperazine rings is 1. The lowest BCUT2D eigenvalue weighted by Crippen LogP contribution is -2.59. The number of benzene rings is 1. The Labute approximate surface area is 127 Å². The number of nitrogens with zero attached hydrogens (tertiary/aromatic N) is 2. The van der Waals surface area contributed by atoms with Crippen molar-refractivity contribution in [2.24, 2.45) is 0 Å². The standard InChI is InChI=1S/C16H18F4N2/c17-8-13-10-22(15(20)14(18)19)16(6-7-16)11-21(13)9-12-4-2-1-3-5-12/h1-5,13H,6-11H2/t13-/m0/s1. The molecule has 1 saturated carbocycles. The molecule has 0 N–H and O–H groups in total. The molecule has 6 heteroatoms. The van der Waals surface area contributed by atoms with Gasteiger partial charge in [-0.15, -0.1) is 0 Å². The molecule has 120 valence electrons. The molecule has 2 fully saturated rings. The van der Waals surface area contributed by atoms with Gasteiger partial charge in [-0.2, -0.15) is 13.2 Å². The van der Waals surface area contributed by atoms with Gasteiger partial charge in [0, 0.05) is 19.6 Å². The van der Waals surface area contributed by atoms with E-state index < -0.39 is 30.3 Å². The topological polar surface area (TPSA) is 6.48 Å². The van der Waals surface area contributed by atoms with Gasteiger partial charge in [-0.05, 0) is 18.4 Å². The molecule has 2 nitrogen and oxygen atoms in total. The molecule has 22 heavy (non-hydrogen) atoms. The fraction of sp³-hybridized carbons (Fsp3) is 0.500. The third kappa shape index (κ3) is 2.84. The highest BCUT2D eigenvalue weighted by Crippen LogP contribution is 2.48. The van der Waals surface area contributed by atoms with Crippen molar-refractivity contribution < 1.29 is 17.6 Å². The number of rotatable bonds is 4. The van der Waals surface area contributed by atoms with Gasteiger partial charge in [0.25, 0.3) is 5.95 Å². The van der Waals surface area contributed by atoms with Gasteiger partial charge in [-0.1, -0.05) is 30.3 Å². The van der Waals surface area contributed by atoms with Crippen LogP contribution in [-0.2, 0) is 6.54 Å². The fourth-order valence-corrected chi connectivity index (χ4v) is 3.22. The van der Waals surface area contributed by atoms with Gasteiger partial charge < -0.3 is 4.90 Å². The lowest BCUT2D eigenvalue weighted by Gasteiger charge is -2.46. The molecule has 0 unspecified atom stereocenters. The molecule has 3 rings (SSSR count). The van der Waals surface area contributed by atoms with Crippen LogP contribution in [0.15, 0.2) is 42.4 Å². The van der Waals surface area contributed by atoms with E-state index in [1.165, 1.54) is 0 Å². The van der Waals surface area contributed by atoms with Gasteiger partial charge in [0.1, 0.15) is 6.67 Å². The molecule has 1 aliphatic heterocycles. The maximum atomic E-state index is 13.7. The summed E-state index contributed by atoms with van der Waals surface area (Å²) in [5.74, 6) is -1.49. The van der Waals surface area contributed by atoms with Crippen molar-refractivity contribution in [3.05, 3.63) is 47.9 Å². The highest BCUT2D eigenvalue weighted by Gasteiger charge is 2.55. The van der Waals surface area contributed by atoms with E-state index in [1.54, 1.807) is 0 Å². The van der Waals surface area contributed by atoms with E-state index in [4.69, 9.17) is 0 Å². The Morgan fingerprint density at radius 1 is 1.14 bits per heavy atom. The molecule has 0 bridgehead atoms. The average molecular weight is 314 g/mol. The lowest BCUT2D eigenvalue weighted by molar-refractivity contribution is 0.00262. The van der Waals surface area contributed by atoms with Crippen LogP contribution in [-0.4, -0.2) is 41.1 Å². The molecule has 2 aliphatic rings. The van der Waals surface area contributed by atoms with E-state index in [2.05, 4.69) is 0 Å². The Morgan fingerprint density at radius 2 is 1.82 bits per heavy atom. The third-order valence-corrected chi connectivity index (χ3v) is 4.61. The molecule has 0 amide bonds. The third-order valence-electron chi connectivity index (χ3n) is 4.61. The van der Waals surface area contributed by atoms with Crippen molar-refractivity contribution >= 4 is 0 Å². The Hall–Kier alpha value is -1.56. The highest BCUT2D eigenvalue weighted by atomic mass is 19.3. The summed E-state index contributed by atoms with van der Waals surface area (Å²) in [6.07, 6.45) is -0.990. The normalized spacial score (nSPS) is 23.6. The van der Waals surface area contributed by atoms with Crippen LogP contribution in [0, 0.1) is 0 Å². The smallest absolute Gasteiger partial charge is 0.322 e. The average Bonchev–Trinajstić information content (AvgIpc) is 3.28. The molecule has 0 aromatic heterocycles. The zero-order valence-electron chi connectivity index (χ0n) is 12.1. The molecule has 1 spiro atoms. The van der Waals surface area contributed by atoms with Crippen molar-refractivity contribution in [2.45, 2.75) is 31.0 Å². The molecule has 1 atom stereocenters. The molecular weight excluding hydrogens is 296 g/mol. The second-order valence-corrected chi connectivity index (χ2v) is 6.08. The van der Waals surface area contributed by atoms with Crippen molar-refractivity contribution in [3.8, 4) is 0 Å². The van der Waals surface area contributed by atoms with Crippen LogP contribution >= 0.6 is 0 Å². The molecule has 1 aromatic rings. The summed E-state index contributed by atoms with van der Waals surface area (Å²) in [7, 11) is 0. The molecule has 1 heterocycles. The van der Waals surface area contributed by atoms with Gasteiger partial charge in [-0.3, -0.25) is 4.90 Å². The van der Waals surface area contributed by atoms with Crippen LogP contribution in [0.4, 0.5) is 17.6 Å². The molecule has 1 aliphatic carbocycles. The van der Waals surface area contributed by atoms with Crippen molar-refractivity contribution in [1.82, 2.24) is 9.80 Å². The SMILES string of the molecule is FC[C@H]1CN(C(F)=C(F)F)C2(CC2)CN1Cc1ccccc1. The zero-order valence-corrected chi connectivity index (χ0v) is 12.1. The van der Waals surface area contributed by atoms with Gasteiger partial charge >= 0.3 is 6.08 Å². The molecule has 1 saturated heterocycles. The van der Waals surface area contributed by atoms with Crippen LogP contribution in [0.25, 0.3) is 0 Å². The van der Waals surface area contributed by atoms with Gasteiger partial charge in [-0.25, -0.2) is 4.39 Å². The van der Waals surface area contributed by atoms with Crippen LogP contribution in [0.2, 0.25) is 0 Å². The summed E-state index contributed by atoms with van der Waals surface area (Å²) in [6.45, 7) is 0.249. The molecular formula is C16H18F4N2. The number of hydrogen-bond acceptors (Lipinski definition) is 2. The maximum absolute atomic E-state index is 13.7. The Morgan fingerprint density at radius 3 is 2.36 bits per heavy atom. The Kier molecular flexibility index (Phi) is 4.12. The quantitative estimate of drug-likeness (QED) is 0.617. The largest absolute Gasteiger partial charge is 0.335 e. The van der Waals surface area contributed by atoms with Gasteiger partial charge in [0.2, 0.25) is 0 Å². The van der Waals surface area contributed by atoms with Crippen molar-refractivity contribution in [1.29, 1.82) is 0 Å². The summed E-state index contributed by atoms with van der Waals surface area (Å²) in [5.41, 5.74) is 0.450. The minimum atomic E-state index is -2.32. The summed E-state index contributed by atoms with van der Waals surface area (Å²) in [4.78, 5) is 3.02. The van der Waals surface area contributed by atoms with E-state index in [1.807, 2.05) is 35.2 Å². The van der Waals surface area contributed by atoms with Gasteiger partial charge in [0.05, 0.1) is 11.6 Å². The number of halogens is 4. The lowest BCUT2D eigenvalue weighted by atomic mass is 10.0. The predicted molar refractivity (Wildman–Crippen MR) is 75.6 cm³/mol. The van der Waals surface area contributed by atoms with E-state index in [0.29, 0.717) is 25.9 Å². The summed E-state index contributed by atoms with van der Waals surface area (Å²) in [6, 6.07) is 9.04. The van der Waals surface area contributed by atoms with E-state index in [9.17, 15) is 17.6 Å². The summed E-state index contributed by atoms with van der Waals surface area (Å²) < 4.78 is 52.3. The van der Waals surface area contributed by atoms with E-state index in [0.717, 1.165) is 10.5 Å². The van der Waals surface area contributed by atoms with Gasteiger partial charge in [0.15, 0.2) is 0 Å². The first-order valence-electron chi connectivity index (χ1n) is 7.38. The second kappa shape index (κ2) is 5.91. The Bertz CT molecular complexity index is 553. The van der Waals surface area contributed by atoms with E-state index >= 15 is 0 Å². The van der Waals surface area contributed by atoms with Crippen LogP contribution in [0.1, 0.15) is 18.4 Å². The maximum Gasteiger partial charge on any atom is 0.322 e. The Balaban J connectivity index is 1.79. The fourth-order valence-electron chi connectivity index (χ4n) is 3.22. The van der Waals surface area contributed by atoms with Crippen molar-refractivity contribution in [2.75, 3.05) is 19.8 Å². The van der Waals surface area contributed by atoms with E-state index in [-0.39, 0.29) is 6.54 Å². The van der Waals surface area contributed by atoms with Crippen LogP contribution in [0.5, 0.6) is 0 Å². The molecule has 1 aromatic carbocycles. The highest BCUT2D eigenvalue weighted by molar-refractivity contribution is 5.19. The van der Waals surface area contributed by atoms with Crippen LogP contribution in [0.3, 0.4) is 0 Å². The zero-order chi connectivity index (χ0) is 15.7. The molecule has 0 radical (unpaired) electrons. The summed E-state index contributed by atoms with van der Waals surface area (Å²) in [5, 5.41) is 0. The first-order chi connectivity index (χ1) is 10.6. The minimum Gasteiger partial charge on any atom is -0.335 e. The predicted octanol–water partition coefficient (Wildman–Crippen LogP) is 3.71. The number of hydrogen-bond donors (Lipinski definition) is 0. The first kappa shape index (κ1) is 15.3. The summed E-state index contributed by atoms with van der Waals surface area (Å²) >= 11 is 0.